The van der Waals surface area contributed by atoms with E-state index < -0.39 is 34.8 Å². The Balaban J connectivity index is 0.00000585. The molecule has 18 heteroatoms. The molecule has 7 rings (SSSR count). The standard InChI is InChI=1S/C41H43F3N8O5S.ClH/c1-40(2)38(56)51(29-9-8-26(23-45)32(22-29)41(42,43)44)39(58)52(40)30-10-12-34(31(21-30)25-6-7-25)57-19-18-49-14-16-50(17-15-49)24-36(54)47-28-5-3-4-27(20-28)46-33-11-13-35(53)48-37(33)55;/h3-5,8-10,12,20-22,25,33,46H,6-7,11,13-19,24H2,1-2H3,(H,47,54)(H,48,53,55);1H. The van der Waals surface area contributed by atoms with Crippen molar-refractivity contribution in [2.24, 2.45) is 0 Å². The highest BCUT2D eigenvalue weighted by Gasteiger charge is 2.51. The van der Waals surface area contributed by atoms with Crippen molar-refractivity contribution in [2.75, 3.05) is 66.3 Å². The van der Waals surface area contributed by atoms with Crippen molar-refractivity contribution in [3.05, 3.63) is 77.4 Å². The number of carbonyl (C=O) groups excluding carboxylic acids is 4. The number of nitrogens with one attached hydrogen (secondary N) is 3. The number of benzene rings is 3. The lowest BCUT2D eigenvalue weighted by Gasteiger charge is -2.34. The van der Waals surface area contributed by atoms with E-state index in [4.69, 9.17) is 17.0 Å². The van der Waals surface area contributed by atoms with Crippen LogP contribution in [0, 0.1) is 11.3 Å². The van der Waals surface area contributed by atoms with Gasteiger partial charge in [-0.3, -0.25) is 39.2 Å². The Bertz CT molecular complexity index is 2190. The highest BCUT2D eigenvalue weighted by molar-refractivity contribution is 7.81. The van der Waals surface area contributed by atoms with Crippen LogP contribution in [0.15, 0.2) is 60.7 Å². The molecule has 13 nitrogen and oxygen atoms in total. The molecule has 0 spiro atoms. The highest BCUT2D eigenvalue weighted by atomic mass is 35.5. The number of anilines is 4. The number of halogens is 4. The van der Waals surface area contributed by atoms with Crippen LogP contribution < -0.4 is 30.5 Å². The van der Waals surface area contributed by atoms with Gasteiger partial charge >= 0.3 is 6.18 Å². The Labute approximate surface area is 351 Å². The van der Waals surface area contributed by atoms with Gasteiger partial charge in [-0.05, 0) is 111 Å². The molecule has 3 heterocycles. The Morgan fingerprint density at radius 3 is 2.34 bits per heavy atom. The molecule has 0 radical (unpaired) electrons. The van der Waals surface area contributed by atoms with Crippen molar-refractivity contribution in [2.45, 2.75) is 63.2 Å². The zero-order valence-corrected chi connectivity index (χ0v) is 34.1. The summed E-state index contributed by atoms with van der Waals surface area (Å²) in [6, 6.07) is 16.9. The summed E-state index contributed by atoms with van der Waals surface area (Å²) in [5.41, 5.74) is -0.0747. The number of ether oxygens (including phenoxy) is 1. The molecule has 59 heavy (non-hydrogen) atoms. The van der Waals surface area contributed by atoms with Crippen molar-refractivity contribution in [3.8, 4) is 11.8 Å². The third-order valence-corrected chi connectivity index (χ3v) is 11.2. The molecule has 3 aliphatic heterocycles. The number of piperidine rings is 1. The third-order valence-electron chi connectivity index (χ3n) is 10.8. The van der Waals surface area contributed by atoms with Crippen LogP contribution in [-0.2, 0) is 25.4 Å². The van der Waals surface area contributed by atoms with Crippen LogP contribution in [-0.4, -0.2) is 96.0 Å². The molecule has 4 aliphatic rings. The summed E-state index contributed by atoms with van der Waals surface area (Å²) in [6.07, 6.45) is -2.17. The molecule has 0 aromatic heterocycles. The van der Waals surface area contributed by atoms with Crippen LogP contribution in [0.5, 0.6) is 5.75 Å². The van der Waals surface area contributed by atoms with E-state index in [2.05, 4.69) is 25.8 Å². The van der Waals surface area contributed by atoms with E-state index in [1.807, 2.05) is 12.1 Å². The van der Waals surface area contributed by atoms with Crippen LogP contribution in [0.2, 0.25) is 0 Å². The largest absolute Gasteiger partial charge is 0.492 e. The average Bonchev–Trinajstić information content (AvgIpc) is 4.00. The number of rotatable bonds is 12. The van der Waals surface area contributed by atoms with Crippen molar-refractivity contribution >= 4 is 76.1 Å². The van der Waals surface area contributed by atoms with E-state index in [9.17, 15) is 37.6 Å². The Morgan fingerprint density at radius 2 is 1.66 bits per heavy atom. The molecular formula is C41H44ClF3N8O5S. The van der Waals surface area contributed by atoms with Gasteiger partial charge in [0.25, 0.3) is 5.91 Å². The number of amides is 4. The molecule has 1 aliphatic carbocycles. The van der Waals surface area contributed by atoms with E-state index in [0.717, 1.165) is 54.3 Å². The minimum Gasteiger partial charge on any atom is -0.492 e. The molecule has 4 fully saturated rings. The topological polar surface area (TPSA) is 150 Å². The second kappa shape index (κ2) is 17.5. The minimum absolute atomic E-state index is 0. The molecule has 3 saturated heterocycles. The molecule has 312 valence electrons. The van der Waals surface area contributed by atoms with Gasteiger partial charge in [0.05, 0.1) is 29.4 Å². The normalized spacial score (nSPS) is 19.8. The summed E-state index contributed by atoms with van der Waals surface area (Å²) < 4.78 is 47.7. The van der Waals surface area contributed by atoms with E-state index >= 15 is 0 Å². The van der Waals surface area contributed by atoms with Gasteiger partial charge in [0.15, 0.2) is 5.11 Å². The van der Waals surface area contributed by atoms with Crippen molar-refractivity contribution in [1.82, 2.24) is 15.1 Å². The molecular weight excluding hydrogens is 809 g/mol. The van der Waals surface area contributed by atoms with E-state index in [1.54, 1.807) is 55.1 Å². The molecule has 1 unspecified atom stereocenters. The average molecular weight is 853 g/mol. The van der Waals surface area contributed by atoms with Gasteiger partial charge in [0.1, 0.15) is 23.9 Å². The fourth-order valence-electron chi connectivity index (χ4n) is 7.56. The second-order valence-corrected chi connectivity index (χ2v) is 15.8. The smallest absolute Gasteiger partial charge is 0.417 e. The van der Waals surface area contributed by atoms with E-state index in [0.29, 0.717) is 49.7 Å². The van der Waals surface area contributed by atoms with Crippen molar-refractivity contribution in [3.63, 3.8) is 0 Å². The number of hydrogen-bond acceptors (Lipinski definition) is 10. The number of nitrogens with zero attached hydrogens (tertiary/aromatic N) is 5. The summed E-state index contributed by atoms with van der Waals surface area (Å²) in [5, 5.41) is 17.7. The number of hydrogen-bond donors (Lipinski definition) is 3. The number of alkyl halides is 3. The van der Waals surface area contributed by atoms with Crippen LogP contribution in [0.3, 0.4) is 0 Å². The quantitative estimate of drug-likeness (QED) is 0.153. The number of piperazine rings is 1. The van der Waals surface area contributed by atoms with Crippen LogP contribution in [0.4, 0.5) is 35.9 Å². The summed E-state index contributed by atoms with van der Waals surface area (Å²) in [5.74, 6) is -0.286. The van der Waals surface area contributed by atoms with Crippen LogP contribution >= 0.6 is 24.6 Å². The number of carbonyl (C=O) groups is 4. The zero-order valence-electron chi connectivity index (χ0n) is 32.4. The molecule has 0 bridgehead atoms. The highest BCUT2D eigenvalue weighted by Crippen LogP contribution is 2.47. The Morgan fingerprint density at radius 1 is 0.966 bits per heavy atom. The van der Waals surface area contributed by atoms with Crippen molar-refractivity contribution in [1.29, 1.82) is 5.26 Å². The number of thiocarbonyl (C=S) groups is 1. The predicted octanol–water partition coefficient (Wildman–Crippen LogP) is 5.65. The van der Waals surface area contributed by atoms with Gasteiger partial charge in [-0.2, -0.15) is 18.4 Å². The molecule has 3 aromatic carbocycles. The second-order valence-electron chi connectivity index (χ2n) is 15.4. The van der Waals surface area contributed by atoms with Crippen LogP contribution in [0.1, 0.15) is 62.1 Å². The fraction of sp³-hybridized carbons (Fsp3) is 0.415. The monoisotopic (exact) mass is 852 g/mol. The van der Waals surface area contributed by atoms with E-state index in [-0.39, 0.29) is 59.8 Å². The van der Waals surface area contributed by atoms with Crippen molar-refractivity contribution < 1.29 is 37.1 Å². The van der Waals surface area contributed by atoms with Gasteiger partial charge in [-0.15, -0.1) is 12.4 Å². The first-order chi connectivity index (χ1) is 27.6. The van der Waals surface area contributed by atoms with Crippen LogP contribution in [0.25, 0.3) is 0 Å². The fourth-order valence-corrected chi connectivity index (χ4v) is 8.08. The summed E-state index contributed by atoms with van der Waals surface area (Å²) in [7, 11) is 0. The van der Waals surface area contributed by atoms with Gasteiger partial charge < -0.3 is 20.3 Å². The summed E-state index contributed by atoms with van der Waals surface area (Å²) in [4.78, 5) is 57.4. The van der Waals surface area contributed by atoms with Gasteiger partial charge in [-0.1, -0.05) is 6.07 Å². The first-order valence-corrected chi connectivity index (χ1v) is 19.5. The summed E-state index contributed by atoms with van der Waals surface area (Å²) in [6.45, 7) is 7.61. The van der Waals surface area contributed by atoms with Gasteiger partial charge in [0.2, 0.25) is 17.7 Å². The first kappa shape index (κ1) is 43.3. The lowest BCUT2D eigenvalue weighted by molar-refractivity contribution is -0.138. The lowest BCUT2D eigenvalue weighted by atomic mass is 10.0. The molecule has 1 saturated carbocycles. The predicted molar refractivity (Wildman–Crippen MR) is 222 cm³/mol. The van der Waals surface area contributed by atoms with Gasteiger partial charge in [0, 0.05) is 56.2 Å². The molecule has 3 N–H and O–H groups in total. The Hall–Kier alpha value is -5.28. The number of imide groups is 1. The van der Waals surface area contributed by atoms with E-state index in [1.165, 1.54) is 6.07 Å². The number of nitriles is 1. The maximum Gasteiger partial charge on any atom is 0.417 e. The van der Waals surface area contributed by atoms with Gasteiger partial charge in [-0.25, -0.2) is 0 Å². The third kappa shape index (κ3) is 9.62. The Kier molecular flexibility index (Phi) is 12.9. The maximum atomic E-state index is 13.8. The molecule has 4 amide bonds. The molecule has 1 atom stereocenters. The first-order valence-electron chi connectivity index (χ1n) is 19.1. The molecule has 3 aromatic rings. The zero-order chi connectivity index (χ0) is 41.4. The summed E-state index contributed by atoms with van der Waals surface area (Å²) >= 11 is 5.75. The lowest BCUT2D eigenvalue weighted by Crippen LogP contribution is -2.49. The SMILES string of the molecule is CC1(C)C(=O)N(c2ccc(C#N)c(C(F)(F)F)c2)C(=S)N1c1ccc(OCCN2CCN(CC(=O)Nc3cccc(NC4CCC(=O)NC4=O)c3)CC2)c(C2CC2)c1.Cl. The maximum absolute atomic E-state index is 13.8. The minimum atomic E-state index is -4.79.